The third kappa shape index (κ3) is 4.08. The van der Waals surface area contributed by atoms with Crippen LogP contribution in [0.1, 0.15) is 32.2 Å². The van der Waals surface area contributed by atoms with Crippen LogP contribution in [-0.2, 0) is 13.1 Å². The third-order valence-electron chi connectivity index (χ3n) is 2.81. The lowest BCUT2D eigenvalue weighted by molar-refractivity contribution is 0.503. The lowest BCUT2D eigenvalue weighted by Gasteiger charge is -2.18. The molecule has 0 saturated carbocycles. The summed E-state index contributed by atoms with van der Waals surface area (Å²) in [6, 6.07) is 4.40. The van der Waals surface area contributed by atoms with Gasteiger partial charge in [-0.1, -0.05) is 13.8 Å². The van der Waals surface area contributed by atoms with Gasteiger partial charge in [-0.25, -0.2) is 4.98 Å². The number of aromatic nitrogens is 1. The van der Waals surface area contributed by atoms with Crippen molar-refractivity contribution in [3.05, 3.63) is 35.2 Å². The van der Waals surface area contributed by atoms with E-state index in [1.165, 1.54) is 0 Å². The highest BCUT2D eigenvalue weighted by Gasteiger charge is 2.11. The standard InChI is InChI=1S/C14H21N3OS/c1-4-17(9-13-6-5-7-18-13)14-16-12(10-19-14)8-15-11(2)3/h5-7,10-11,15H,4,8-9H2,1-3H3. The maximum absolute atomic E-state index is 5.40. The van der Waals surface area contributed by atoms with Crippen molar-refractivity contribution in [3.8, 4) is 0 Å². The fourth-order valence-electron chi connectivity index (χ4n) is 1.74. The third-order valence-corrected chi connectivity index (χ3v) is 3.76. The molecule has 19 heavy (non-hydrogen) atoms. The molecule has 4 nitrogen and oxygen atoms in total. The Morgan fingerprint density at radius 3 is 2.95 bits per heavy atom. The Morgan fingerprint density at radius 2 is 2.32 bits per heavy atom. The van der Waals surface area contributed by atoms with Crippen molar-refractivity contribution in [3.63, 3.8) is 0 Å². The quantitative estimate of drug-likeness (QED) is 0.844. The average molecular weight is 279 g/mol. The molecule has 0 spiro atoms. The summed E-state index contributed by atoms with van der Waals surface area (Å²) < 4.78 is 5.40. The molecule has 2 aromatic heterocycles. The maximum atomic E-state index is 5.40. The summed E-state index contributed by atoms with van der Waals surface area (Å²) in [6.45, 7) is 8.94. The van der Waals surface area contributed by atoms with Crippen LogP contribution in [-0.4, -0.2) is 17.6 Å². The minimum absolute atomic E-state index is 0.482. The summed E-state index contributed by atoms with van der Waals surface area (Å²) in [6.07, 6.45) is 1.71. The molecule has 2 aromatic rings. The molecule has 0 unspecified atom stereocenters. The van der Waals surface area contributed by atoms with E-state index in [4.69, 9.17) is 4.42 Å². The minimum atomic E-state index is 0.482. The Bertz CT molecular complexity index is 479. The highest BCUT2D eigenvalue weighted by atomic mass is 32.1. The van der Waals surface area contributed by atoms with Gasteiger partial charge in [0.1, 0.15) is 5.76 Å². The first-order chi connectivity index (χ1) is 9.19. The zero-order valence-electron chi connectivity index (χ0n) is 11.7. The van der Waals surface area contributed by atoms with Crippen molar-refractivity contribution in [1.82, 2.24) is 10.3 Å². The summed E-state index contributed by atoms with van der Waals surface area (Å²) in [4.78, 5) is 6.90. The Balaban J connectivity index is 1.98. The second kappa shape index (κ2) is 6.73. The van der Waals surface area contributed by atoms with Crippen LogP contribution in [0.2, 0.25) is 0 Å². The molecule has 0 fully saturated rings. The second-order valence-corrected chi connectivity index (χ2v) is 5.59. The van der Waals surface area contributed by atoms with Crippen molar-refractivity contribution in [2.75, 3.05) is 11.4 Å². The van der Waals surface area contributed by atoms with Crippen LogP contribution in [0.3, 0.4) is 0 Å². The van der Waals surface area contributed by atoms with Gasteiger partial charge < -0.3 is 14.6 Å². The number of nitrogens with one attached hydrogen (secondary N) is 1. The highest BCUT2D eigenvalue weighted by Crippen LogP contribution is 2.22. The highest BCUT2D eigenvalue weighted by molar-refractivity contribution is 7.13. The number of furan rings is 1. The van der Waals surface area contributed by atoms with Gasteiger partial charge in [0.05, 0.1) is 18.5 Å². The zero-order valence-corrected chi connectivity index (χ0v) is 12.5. The number of thiazole rings is 1. The van der Waals surface area contributed by atoms with Crippen molar-refractivity contribution in [2.45, 2.75) is 39.9 Å². The van der Waals surface area contributed by atoms with Gasteiger partial charge in [-0.3, -0.25) is 0 Å². The van der Waals surface area contributed by atoms with Gasteiger partial charge in [-0.05, 0) is 19.1 Å². The molecule has 0 aromatic carbocycles. The topological polar surface area (TPSA) is 41.3 Å². The van der Waals surface area contributed by atoms with Crippen LogP contribution in [0.15, 0.2) is 28.2 Å². The first-order valence-corrected chi connectivity index (χ1v) is 7.52. The molecule has 0 bridgehead atoms. The summed E-state index contributed by atoms with van der Waals surface area (Å²) in [5.74, 6) is 0.971. The average Bonchev–Trinajstić information content (AvgIpc) is 3.04. The number of nitrogens with zero attached hydrogens (tertiary/aromatic N) is 2. The van der Waals surface area contributed by atoms with E-state index in [1.807, 2.05) is 12.1 Å². The second-order valence-electron chi connectivity index (χ2n) is 4.75. The molecular formula is C14H21N3OS. The molecule has 0 atom stereocenters. The zero-order chi connectivity index (χ0) is 13.7. The molecule has 5 heteroatoms. The van der Waals surface area contributed by atoms with Gasteiger partial charge in [0.15, 0.2) is 5.13 Å². The van der Waals surface area contributed by atoms with Gasteiger partial charge >= 0.3 is 0 Å². The molecule has 0 aliphatic rings. The summed E-state index contributed by atoms with van der Waals surface area (Å²) in [5, 5.41) is 6.56. The number of hydrogen-bond acceptors (Lipinski definition) is 5. The van der Waals surface area contributed by atoms with E-state index >= 15 is 0 Å². The normalized spacial score (nSPS) is 11.2. The number of anilines is 1. The predicted octanol–water partition coefficient (Wildman–Crippen LogP) is 3.26. The van der Waals surface area contributed by atoms with Crippen LogP contribution < -0.4 is 10.2 Å². The molecule has 0 amide bonds. The van der Waals surface area contributed by atoms with Crippen LogP contribution in [0.5, 0.6) is 0 Å². The lowest BCUT2D eigenvalue weighted by atomic mass is 10.4. The fourth-order valence-corrected chi connectivity index (χ4v) is 2.63. The SMILES string of the molecule is CCN(Cc1ccco1)c1nc(CNC(C)C)cs1. The summed E-state index contributed by atoms with van der Waals surface area (Å²) in [7, 11) is 0. The lowest BCUT2D eigenvalue weighted by Crippen LogP contribution is -2.23. The summed E-state index contributed by atoms with van der Waals surface area (Å²) >= 11 is 1.69. The van der Waals surface area contributed by atoms with Crippen LogP contribution >= 0.6 is 11.3 Å². The number of hydrogen-bond donors (Lipinski definition) is 1. The van der Waals surface area contributed by atoms with Crippen molar-refractivity contribution >= 4 is 16.5 Å². The monoisotopic (exact) mass is 279 g/mol. The van der Waals surface area contributed by atoms with E-state index in [1.54, 1.807) is 17.6 Å². The van der Waals surface area contributed by atoms with E-state index in [0.29, 0.717) is 6.04 Å². The predicted molar refractivity (Wildman–Crippen MR) is 79.5 cm³/mol. The van der Waals surface area contributed by atoms with Crippen molar-refractivity contribution < 1.29 is 4.42 Å². The largest absolute Gasteiger partial charge is 0.467 e. The van der Waals surface area contributed by atoms with Crippen LogP contribution in [0, 0.1) is 0 Å². The van der Waals surface area contributed by atoms with Crippen LogP contribution in [0.25, 0.3) is 0 Å². The van der Waals surface area contributed by atoms with Crippen molar-refractivity contribution in [1.29, 1.82) is 0 Å². The van der Waals surface area contributed by atoms with Gasteiger partial charge in [-0.15, -0.1) is 11.3 Å². The molecule has 0 aliphatic carbocycles. The van der Waals surface area contributed by atoms with E-state index in [0.717, 1.165) is 36.2 Å². The Morgan fingerprint density at radius 1 is 1.47 bits per heavy atom. The van der Waals surface area contributed by atoms with Crippen molar-refractivity contribution in [2.24, 2.45) is 0 Å². The first-order valence-electron chi connectivity index (χ1n) is 6.64. The minimum Gasteiger partial charge on any atom is -0.467 e. The molecule has 1 N–H and O–H groups in total. The molecule has 2 rings (SSSR count). The van der Waals surface area contributed by atoms with Crippen LogP contribution in [0.4, 0.5) is 5.13 Å². The Kier molecular flexibility index (Phi) is 4.99. The van der Waals surface area contributed by atoms with Gasteiger partial charge in [-0.2, -0.15) is 0 Å². The molecule has 0 aliphatic heterocycles. The molecule has 0 saturated heterocycles. The molecule has 0 radical (unpaired) electrons. The maximum Gasteiger partial charge on any atom is 0.185 e. The Hall–Kier alpha value is -1.33. The van der Waals surface area contributed by atoms with E-state index in [-0.39, 0.29) is 0 Å². The van der Waals surface area contributed by atoms with Gasteiger partial charge in [0, 0.05) is 24.5 Å². The molecular weight excluding hydrogens is 258 g/mol. The van der Waals surface area contributed by atoms with Gasteiger partial charge in [0.25, 0.3) is 0 Å². The molecule has 104 valence electrons. The smallest absolute Gasteiger partial charge is 0.185 e. The Labute approximate surface area is 118 Å². The van der Waals surface area contributed by atoms with Gasteiger partial charge in [0.2, 0.25) is 0 Å². The first kappa shape index (κ1) is 14.1. The number of rotatable bonds is 7. The summed E-state index contributed by atoms with van der Waals surface area (Å²) in [5.41, 5.74) is 1.10. The van der Waals surface area contributed by atoms with E-state index in [2.05, 4.69) is 41.4 Å². The van der Waals surface area contributed by atoms with E-state index < -0.39 is 0 Å². The fraction of sp³-hybridized carbons (Fsp3) is 0.500. The molecule has 2 heterocycles. The van der Waals surface area contributed by atoms with E-state index in [9.17, 15) is 0 Å².